The van der Waals surface area contributed by atoms with Gasteiger partial charge in [-0.2, -0.15) is 0 Å². The summed E-state index contributed by atoms with van der Waals surface area (Å²) in [4.78, 5) is 23.5. The van der Waals surface area contributed by atoms with Crippen molar-refractivity contribution >= 4 is 44.8 Å². The maximum Gasteiger partial charge on any atom is 0.330 e. The van der Waals surface area contributed by atoms with E-state index in [0.29, 0.717) is 21.4 Å². The molecule has 1 aromatic carbocycles. The van der Waals surface area contributed by atoms with Gasteiger partial charge in [-0.05, 0) is 12.1 Å². The van der Waals surface area contributed by atoms with E-state index >= 15 is 0 Å². The number of benzene rings is 1. The van der Waals surface area contributed by atoms with Crippen LogP contribution in [0.15, 0.2) is 32.3 Å². The molecule has 0 unspecified atom stereocenters. The number of nitrogens with zero attached hydrogens (tertiary/aromatic N) is 2. The van der Waals surface area contributed by atoms with E-state index in [2.05, 4.69) is 21.2 Å². The zero-order valence-electron chi connectivity index (χ0n) is 11.3. The van der Waals surface area contributed by atoms with Crippen molar-refractivity contribution < 1.29 is 0 Å². The van der Waals surface area contributed by atoms with Crippen molar-refractivity contribution in [2.75, 3.05) is 5.32 Å². The van der Waals surface area contributed by atoms with Crippen molar-refractivity contribution in [1.29, 1.82) is 0 Å². The van der Waals surface area contributed by atoms with Gasteiger partial charge < -0.3 is 5.32 Å². The Morgan fingerprint density at radius 3 is 2.24 bits per heavy atom. The monoisotopic (exact) mass is 391 g/mol. The highest BCUT2D eigenvalue weighted by Crippen LogP contribution is 2.33. The Kier molecular flexibility index (Phi) is 4.81. The second-order valence-corrected chi connectivity index (χ2v) is 6.20. The molecule has 0 aliphatic carbocycles. The lowest BCUT2D eigenvalue weighted by Crippen LogP contribution is -2.38. The molecule has 1 heterocycles. The van der Waals surface area contributed by atoms with Gasteiger partial charge in [-0.3, -0.25) is 13.9 Å². The highest BCUT2D eigenvalue weighted by Gasteiger charge is 2.10. The molecule has 2 rings (SSSR count). The molecule has 0 aliphatic rings. The van der Waals surface area contributed by atoms with Gasteiger partial charge in [-0.25, -0.2) is 4.79 Å². The van der Waals surface area contributed by atoms with E-state index in [1.165, 1.54) is 17.7 Å². The average molecular weight is 393 g/mol. The summed E-state index contributed by atoms with van der Waals surface area (Å²) in [5.74, 6) is 0. The first kappa shape index (κ1) is 16.1. The lowest BCUT2D eigenvalue weighted by molar-refractivity contribution is 0.655. The van der Waals surface area contributed by atoms with Crippen LogP contribution in [0.4, 0.5) is 5.69 Å². The maximum atomic E-state index is 11.8. The molecule has 0 fully saturated rings. The minimum absolute atomic E-state index is 0.253. The number of rotatable bonds is 3. The molecule has 1 aromatic heterocycles. The summed E-state index contributed by atoms with van der Waals surface area (Å²) in [6.07, 6.45) is 0. The maximum absolute atomic E-state index is 11.8. The van der Waals surface area contributed by atoms with Gasteiger partial charge in [0, 0.05) is 30.3 Å². The van der Waals surface area contributed by atoms with Gasteiger partial charge in [0.1, 0.15) is 0 Å². The second kappa shape index (κ2) is 6.25. The van der Waals surface area contributed by atoms with E-state index in [-0.39, 0.29) is 17.8 Å². The molecule has 5 nitrogen and oxygen atoms in total. The van der Waals surface area contributed by atoms with Crippen LogP contribution in [0.5, 0.6) is 0 Å². The van der Waals surface area contributed by atoms with Gasteiger partial charge in [0.15, 0.2) is 0 Å². The predicted octanol–water partition coefficient (Wildman–Crippen LogP) is 2.77. The zero-order chi connectivity index (χ0) is 15.7. The summed E-state index contributed by atoms with van der Waals surface area (Å²) in [5, 5.41) is 3.94. The third kappa shape index (κ3) is 3.33. The van der Waals surface area contributed by atoms with Crippen LogP contribution in [0.2, 0.25) is 10.0 Å². The van der Waals surface area contributed by atoms with Crippen LogP contribution < -0.4 is 16.6 Å². The van der Waals surface area contributed by atoms with Crippen LogP contribution in [-0.4, -0.2) is 9.13 Å². The highest BCUT2D eigenvalue weighted by atomic mass is 79.9. The molecule has 0 bridgehead atoms. The fraction of sp³-hybridized carbons (Fsp3) is 0.231. The minimum atomic E-state index is -0.382. The Morgan fingerprint density at radius 2 is 1.67 bits per heavy atom. The predicted molar refractivity (Wildman–Crippen MR) is 88.4 cm³/mol. The van der Waals surface area contributed by atoms with Crippen molar-refractivity contribution in [3.05, 3.63) is 59.2 Å². The van der Waals surface area contributed by atoms with Gasteiger partial charge in [-0.15, -0.1) is 0 Å². The van der Waals surface area contributed by atoms with Gasteiger partial charge in [0.25, 0.3) is 5.56 Å². The van der Waals surface area contributed by atoms with Crippen molar-refractivity contribution in [3.63, 3.8) is 0 Å². The first-order chi connectivity index (χ1) is 9.81. The number of hydrogen-bond donors (Lipinski definition) is 1. The van der Waals surface area contributed by atoms with Crippen molar-refractivity contribution in [3.8, 4) is 0 Å². The van der Waals surface area contributed by atoms with Crippen molar-refractivity contribution in [2.45, 2.75) is 6.54 Å². The topological polar surface area (TPSA) is 56.0 Å². The van der Waals surface area contributed by atoms with Crippen LogP contribution in [0, 0.1) is 0 Å². The number of anilines is 1. The van der Waals surface area contributed by atoms with Crippen LogP contribution in [0.3, 0.4) is 0 Å². The summed E-state index contributed by atoms with van der Waals surface area (Å²) in [7, 11) is 3.04. The molecule has 0 spiro atoms. The number of aromatic nitrogens is 2. The Bertz CT molecular complexity index is 791. The second-order valence-electron chi connectivity index (χ2n) is 4.47. The molecule has 0 saturated heterocycles. The van der Waals surface area contributed by atoms with Crippen LogP contribution in [-0.2, 0) is 20.6 Å². The third-order valence-electron chi connectivity index (χ3n) is 3.08. The van der Waals surface area contributed by atoms with Crippen LogP contribution in [0.25, 0.3) is 0 Å². The molecule has 0 radical (unpaired) electrons. The molecular weight excluding hydrogens is 381 g/mol. The molecule has 8 heteroatoms. The number of hydrogen-bond acceptors (Lipinski definition) is 3. The number of nitrogens with one attached hydrogen (secondary N) is 1. The molecule has 112 valence electrons. The van der Waals surface area contributed by atoms with Crippen molar-refractivity contribution in [2.24, 2.45) is 14.1 Å². The third-order valence-corrected chi connectivity index (χ3v) is 4.13. The Labute approximate surface area is 139 Å². The van der Waals surface area contributed by atoms with E-state index < -0.39 is 0 Å². The zero-order valence-corrected chi connectivity index (χ0v) is 14.4. The molecule has 0 saturated carbocycles. The Balaban J connectivity index is 2.34. The van der Waals surface area contributed by atoms with E-state index in [1.807, 2.05) is 0 Å². The summed E-state index contributed by atoms with van der Waals surface area (Å²) < 4.78 is 3.21. The fourth-order valence-electron chi connectivity index (χ4n) is 1.84. The Hall–Kier alpha value is -1.24. The van der Waals surface area contributed by atoms with Crippen LogP contribution in [0.1, 0.15) is 5.69 Å². The largest absolute Gasteiger partial charge is 0.377 e. The Morgan fingerprint density at radius 1 is 1.10 bits per heavy atom. The number of halogens is 3. The summed E-state index contributed by atoms with van der Waals surface area (Å²) in [6.45, 7) is 0.253. The van der Waals surface area contributed by atoms with E-state index in [0.717, 1.165) is 9.04 Å². The molecule has 0 atom stereocenters. The molecular formula is C13H12BrCl2N3O2. The lowest BCUT2D eigenvalue weighted by atomic mass is 10.3. The van der Waals surface area contributed by atoms with Gasteiger partial charge >= 0.3 is 5.69 Å². The van der Waals surface area contributed by atoms with E-state index in [4.69, 9.17) is 23.2 Å². The van der Waals surface area contributed by atoms with E-state index in [1.54, 1.807) is 19.2 Å². The summed E-state index contributed by atoms with van der Waals surface area (Å²) in [5.41, 5.74) is 0.350. The fourth-order valence-corrected chi connectivity index (χ4v) is 3.18. The molecule has 1 N–H and O–H groups in total. The smallest absolute Gasteiger partial charge is 0.330 e. The molecule has 21 heavy (non-hydrogen) atoms. The first-order valence-electron chi connectivity index (χ1n) is 5.95. The SMILES string of the molecule is Cn1c(CNc2c(Cl)cc(Br)cc2Cl)cc(=O)n(C)c1=O. The minimum Gasteiger partial charge on any atom is -0.377 e. The normalized spacial score (nSPS) is 10.7. The molecule has 0 amide bonds. The molecule has 0 aliphatic heterocycles. The van der Waals surface area contributed by atoms with Gasteiger partial charge in [0.2, 0.25) is 0 Å². The summed E-state index contributed by atoms with van der Waals surface area (Å²) >= 11 is 15.5. The highest BCUT2D eigenvalue weighted by molar-refractivity contribution is 9.10. The van der Waals surface area contributed by atoms with Gasteiger partial charge in [-0.1, -0.05) is 39.1 Å². The lowest BCUT2D eigenvalue weighted by Gasteiger charge is -2.13. The van der Waals surface area contributed by atoms with Crippen molar-refractivity contribution in [1.82, 2.24) is 9.13 Å². The standard InChI is InChI=1S/C13H12BrCl2N3O2/c1-18-8(5-11(20)19(2)13(18)21)6-17-12-9(15)3-7(14)4-10(12)16/h3-5,17H,6H2,1-2H3. The molecule has 2 aromatic rings. The average Bonchev–Trinajstić information content (AvgIpc) is 2.40. The quantitative estimate of drug-likeness (QED) is 0.873. The van der Waals surface area contributed by atoms with Crippen LogP contribution >= 0.6 is 39.1 Å². The summed E-state index contributed by atoms with van der Waals surface area (Å²) in [6, 6.07) is 4.81. The van der Waals surface area contributed by atoms with Gasteiger partial charge in [0.05, 0.1) is 22.3 Å². The van der Waals surface area contributed by atoms with E-state index in [9.17, 15) is 9.59 Å². The first-order valence-corrected chi connectivity index (χ1v) is 7.50.